The lowest BCUT2D eigenvalue weighted by atomic mass is 9.72. The normalized spacial score (nSPS) is 20.4. The average Bonchev–Trinajstić information content (AvgIpc) is 2.66. The van der Waals surface area contributed by atoms with E-state index in [1.807, 2.05) is 0 Å². The first-order valence-corrected chi connectivity index (χ1v) is 7.26. The summed E-state index contributed by atoms with van der Waals surface area (Å²) in [6.07, 6.45) is 7.32. The summed E-state index contributed by atoms with van der Waals surface area (Å²) in [5, 5.41) is 11.7. The first kappa shape index (κ1) is 11.6. The molecule has 0 aromatic carbocycles. The molecule has 0 aliphatic heterocycles. The van der Waals surface area contributed by atoms with Gasteiger partial charge in [-0.05, 0) is 52.1 Å². The van der Waals surface area contributed by atoms with Crippen LogP contribution in [0.1, 0.15) is 37.0 Å². The number of rotatable bonds is 3. The van der Waals surface area contributed by atoms with Crippen molar-refractivity contribution in [2.75, 3.05) is 6.61 Å². The molecular formula is C12H17BrOS. The first-order chi connectivity index (χ1) is 7.26. The number of aliphatic hydroxyl groups excluding tert-OH is 1. The van der Waals surface area contributed by atoms with E-state index in [1.165, 1.54) is 41.5 Å². The highest BCUT2D eigenvalue weighted by Gasteiger charge is 2.32. The van der Waals surface area contributed by atoms with Gasteiger partial charge in [-0.2, -0.15) is 0 Å². The Morgan fingerprint density at radius 2 is 2.07 bits per heavy atom. The Labute approximate surface area is 104 Å². The predicted molar refractivity (Wildman–Crippen MR) is 68.3 cm³/mol. The number of thiophene rings is 1. The molecular weight excluding hydrogens is 272 g/mol. The molecule has 1 aliphatic rings. The van der Waals surface area contributed by atoms with Crippen molar-refractivity contribution < 1.29 is 5.11 Å². The third kappa shape index (κ3) is 2.63. The predicted octanol–water partition coefficient (Wildman–Crippen LogP) is 4.00. The van der Waals surface area contributed by atoms with Crippen molar-refractivity contribution >= 4 is 27.3 Å². The largest absolute Gasteiger partial charge is 0.396 e. The van der Waals surface area contributed by atoms with Crippen molar-refractivity contribution in [2.45, 2.75) is 38.5 Å². The van der Waals surface area contributed by atoms with Crippen LogP contribution in [0, 0.1) is 5.41 Å². The standard InChI is InChI=1S/C12H17BrOS/c13-10-4-7-15-11(10)8-12(9-14)5-2-1-3-6-12/h4,7,14H,1-3,5-6,8-9H2. The van der Waals surface area contributed by atoms with E-state index in [-0.39, 0.29) is 5.41 Å². The van der Waals surface area contributed by atoms with Crippen molar-refractivity contribution in [1.29, 1.82) is 0 Å². The SMILES string of the molecule is OCC1(Cc2sccc2Br)CCCCC1. The second kappa shape index (κ2) is 4.98. The zero-order valence-corrected chi connectivity index (χ0v) is 11.2. The van der Waals surface area contributed by atoms with Gasteiger partial charge in [0.25, 0.3) is 0 Å². The van der Waals surface area contributed by atoms with Crippen molar-refractivity contribution in [2.24, 2.45) is 5.41 Å². The van der Waals surface area contributed by atoms with Gasteiger partial charge >= 0.3 is 0 Å². The molecule has 1 N–H and O–H groups in total. The van der Waals surface area contributed by atoms with Crippen LogP contribution >= 0.6 is 27.3 Å². The van der Waals surface area contributed by atoms with Crippen LogP contribution in [0.4, 0.5) is 0 Å². The van der Waals surface area contributed by atoms with Crippen LogP contribution in [-0.2, 0) is 6.42 Å². The second-order valence-electron chi connectivity index (χ2n) is 4.59. The molecule has 1 aliphatic carbocycles. The number of aliphatic hydroxyl groups is 1. The van der Waals surface area contributed by atoms with Gasteiger partial charge in [-0.3, -0.25) is 0 Å². The average molecular weight is 289 g/mol. The molecule has 84 valence electrons. The number of hydrogen-bond acceptors (Lipinski definition) is 2. The molecule has 2 rings (SSSR count). The van der Waals surface area contributed by atoms with Crippen LogP contribution in [0.2, 0.25) is 0 Å². The van der Waals surface area contributed by atoms with E-state index in [9.17, 15) is 5.11 Å². The quantitative estimate of drug-likeness (QED) is 0.892. The van der Waals surface area contributed by atoms with Crippen LogP contribution in [-0.4, -0.2) is 11.7 Å². The highest BCUT2D eigenvalue weighted by Crippen LogP contribution is 2.41. The van der Waals surface area contributed by atoms with Gasteiger partial charge in [0.05, 0.1) is 0 Å². The first-order valence-electron chi connectivity index (χ1n) is 5.58. The minimum atomic E-state index is 0.172. The molecule has 1 heterocycles. The minimum Gasteiger partial charge on any atom is -0.396 e. The van der Waals surface area contributed by atoms with Crippen LogP contribution in [0.3, 0.4) is 0 Å². The molecule has 1 nitrogen and oxygen atoms in total. The Hall–Kier alpha value is 0.140. The van der Waals surface area contributed by atoms with Gasteiger partial charge in [0.2, 0.25) is 0 Å². The fourth-order valence-corrected chi connectivity index (χ4v) is 4.15. The molecule has 0 radical (unpaired) electrons. The van der Waals surface area contributed by atoms with Gasteiger partial charge in [-0.15, -0.1) is 11.3 Å². The molecule has 0 saturated heterocycles. The maximum Gasteiger partial charge on any atom is 0.0490 e. The summed E-state index contributed by atoms with van der Waals surface area (Å²) < 4.78 is 1.21. The minimum absolute atomic E-state index is 0.172. The third-order valence-electron chi connectivity index (χ3n) is 3.48. The highest BCUT2D eigenvalue weighted by molar-refractivity contribution is 9.10. The Bertz CT molecular complexity index is 315. The Balaban J connectivity index is 2.10. The van der Waals surface area contributed by atoms with Crippen LogP contribution in [0.25, 0.3) is 0 Å². The van der Waals surface area contributed by atoms with Gasteiger partial charge in [-0.25, -0.2) is 0 Å². The zero-order chi connectivity index (χ0) is 10.7. The maximum atomic E-state index is 9.62. The van der Waals surface area contributed by atoms with E-state index in [4.69, 9.17) is 0 Å². The summed E-state index contributed by atoms with van der Waals surface area (Å²) in [5.41, 5.74) is 0.172. The number of hydrogen-bond donors (Lipinski definition) is 1. The van der Waals surface area contributed by atoms with Crippen molar-refractivity contribution in [3.05, 3.63) is 20.8 Å². The molecule has 0 amide bonds. The van der Waals surface area contributed by atoms with Crippen LogP contribution < -0.4 is 0 Å². The molecule has 0 atom stereocenters. The van der Waals surface area contributed by atoms with E-state index < -0.39 is 0 Å². The molecule has 0 unspecified atom stereocenters. The maximum absolute atomic E-state index is 9.62. The molecule has 3 heteroatoms. The van der Waals surface area contributed by atoms with Crippen molar-refractivity contribution in [3.8, 4) is 0 Å². The molecule has 1 aromatic heterocycles. The molecule has 1 fully saturated rings. The lowest BCUT2D eigenvalue weighted by Crippen LogP contribution is -2.30. The topological polar surface area (TPSA) is 20.2 Å². The third-order valence-corrected chi connectivity index (χ3v) is 5.40. The summed E-state index contributed by atoms with van der Waals surface area (Å²) >= 11 is 5.37. The molecule has 0 bridgehead atoms. The van der Waals surface area contributed by atoms with Crippen molar-refractivity contribution in [3.63, 3.8) is 0 Å². The van der Waals surface area contributed by atoms with Crippen molar-refractivity contribution in [1.82, 2.24) is 0 Å². The molecule has 1 aromatic rings. The lowest BCUT2D eigenvalue weighted by Gasteiger charge is -2.35. The summed E-state index contributed by atoms with van der Waals surface area (Å²) in [4.78, 5) is 1.39. The summed E-state index contributed by atoms with van der Waals surface area (Å²) in [6, 6.07) is 2.11. The second-order valence-corrected chi connectivity index (χ2v) is 6.44. The zero-order valence-electron chi connectivity index (χ0n) is 8.84. The van der Waals surface area contributed by atoms with Crippen LogP contribution in [0.15, 0.2) is 15.9 Å². The molecule has 15 heavy (non-hydrogen) atoms. The van der Waals surface area contributed by atoms with Gasteiger partial charge in [-0.1, -0.05) is 19.3 Å². The monoisotopic (exact) mass is 288 g/mol. The summed E-state index contributed by atoms with van der Waals surface area (Å²) in [5.74, 6) is 0. The number of halogens is 1. The Kier molecular flexibility index (Phi) is 3.86. The van der Waals surface area contributed by atoms with Gasteiger partial charge < -0.3 is 5.11 Å². The summed E-state index contributed by atoms with van der Waals surface area (Å²) in [6.45, 7) is 0.345. The highest BCUT2D eigenvalue weighted by atomic mass is 79.9. The van der Waals surface area contributed by atoms with E-state index in [2.05, 4.69) is 27.4 Å². The summed E-state index contributed by atoms with van der Waals surface area (Å²) in [7, 11) is 0. The van der Waals surface area contributed by atoms with Crippen LogP contribution in [0.5, 0.6) is 0 Å². The fraction of sp³-hybridized carbons (Fsp3) is 0.667. The van der Waals surface area contributed by atoms with Gasteiger partial charge in [0.15, 0.2) is 0 Å². The molecule has 1 saturated carbocycles. The van der Waals surface area contributed by atoms with E-state index in [0.717, 1.165) is 6.42 Å². The smallest absolute Gasteiger partial charge is 0.0490 e. The van der Waals surface area contributed by atoms with E-state index >= 15 is 0 Å². The fourth-order valence-electron chi connectivity index (χ4n) is 2.48. The Morgan fingerprint density at radius 1 is 1.33 bits per heavy atom. The van der Waals surface area contributed by atoms with E-state index in [1.54, 1.807) is 11.3 Å². The Morgan fingerprint density at radius 3 is 2.60 bits per heavy atom. The van der Waals surface area contributed by atoms with E-state index in [0.29, 0.717) is 6.61 Å². The lowest BCUT2D eigenvalue weighted by molar-refractivity contribution is 0.0830. The van der Waals surface area contributed by atoms with Gasteiger partial charge in [0, 0.05) is 16.0 Å². The molecule has 0 spiro atoms. The van der Waals surface area contributed by atoms with Gasteiger partial charge in [0.1, 0.15) is 0 Å².